The van der Waals surface area contributed by atoms with Crippen molar-refractivity contribution in [3.05, 3.63) is 0 Å². The highest BCUT2D eigenvalue weighted by Gasteiger charge is 2.18. The van der Waals surface area contributed by atoms with E-state index in [9.17, 15) is 9.59 Å². The molecule has 0 saturated heterocycles. The monoisotopic (exact) mass is 667 g/mol. The minimum Gasteiger partial charge on any atom is -0.462 e. The molecule has 1 unspecified atom stereocenters. The van der Waals surface area contributed by atoms with Crippen LogP contribution in [-0.4, -0.2) is 37.4 Å². The van der Waals surface area contributed by atoms with Gasteiger partial charge in [-0.2, -0.15) is 0 Å². The van der Waals surface area contributed by atoms with Crippen molar-refractivity contribution in [3.63, 3.8) is 0 Å². The van der Waals surface area contributed by atoms with Gasteiger partial charge in [0.2, 0.25) is 0 Å². The van der Waals surface area contributed by atoms with E-state index in [2.05, 4.69) is 13.8 Å². The van der Waals surface area contributed by atoms with Crippen LogP contribution in [0.2, 0.25) is 0 Å². The fraction of sp³-hybridized carbons (Fsp3) is 0.952. The highest BCUT2D eigenvalue weighted by atomic mass is 16.6. The molecule has 0 radical (unpaired) electrons. The van der Waals surface area contributed by atoms with Gasteiger partial charge in [-0.25, -0.2) is 0 Å². The molecular weight excluding hydrogens is 584 g/mol. The number of unbranched alkanes of at least 4 members (excludes halogenated alkanes) is 28. The number of rotatable bonds is 38. The fourth-order valence-corrected chi connectivity index (χ4v) is 6.20. The Morgan fingerprint density at radius 2 is 0.702 bits per heavy atom. The summed E-state index contributed by atoms with van der Waals surface area (Å²) in [6.45, 7) is 8.80. The summed E-state index contributed by atoms with van der Waals surface area (Å²) >= 11 is 0. The SMILES string of the molecule is CCCCCCCCCCCCCCCCCC(=O)OCC(COC(C)C)OC(=O)CCCCCCCCCCCCCCCCC. The van der Waals surface area contributed by atoms with Crippen molar-refractivity contribution < 1.29 is 23.8 Å². The molecular formula is C42H82O5. The molecule has 0 aliphatic carbocycles. The van der Waals surface area contributed by atoms with Gasteiger partial charge in [0.15, 0.2) is 6.10 Å². The molecule has 0 N–H and O–H groups in total. The van der Waals surface area contributed by atoms with Crippen molar-refractivity contribution in [1.29, 1.82) is 0 Å². The number of hydrogen-bond donors (Lipinski definition) is 0. The molecule has 5 heteroatoms. The molecule has 0 bridgehead atoms. The molecule has 0 spiro atoms. The largest absolute Gasteiger partial charge is 0.462 e. The van der Waals surface area contributed by atoms with Gasteiger partial charge in [0.05, 0.1) is 12.7 Å². The van der Waals surface area contributed by atoms with E-state index in [0.29, 0.717) is 12.8 Å². The first-order valence-corrected chi connectivity index (χ1v) is 21.0. The molecule has 0 saturated carbocycles. The van der Waals surface area contributed by atoms with E-state index >= 15 is 0 Å². The van der Waals surface area contributed by atoms with Crippen LogP contribution in [0.1, 0.15) is 233 Å². The highest BCUT2D eigenvalue weighted by molar-refractivity contribution is 5.70. The summed E-state index contributed by atoms with van der Waals surface area (Å²) in [4.78, 5) is 24.8. The number of esters is 2. The molecule has 0 amide bonds. The van der Waals surface area contributed by atoms with Crippen molar-refractivity contribution in [2.45, 2.75) is 245 Å². The van der Waals surface area contributed by atoms with Gasteiger partial charge in [-0.3, -0.25) is 9.59 Å². The summed E-state index contributed by atoms with van der Waals surface area (Å²) in [5, 5.41) is 0. The second-order valence-electron chi connectivity index (χ2n) is 14.6. The zero-order chi connectivity index (χ0) is 34.5. The van der Waals surface area contributed by atoms with Crippen LogP contribution in [0.4, 0.5) is 0 Å². The molecule has 280 valence electrons. The first kappa shape index (κ1) is 45.9. The van der Waals surface area contributed by atoms with Crippen molar-refractivity contribution in [3.8, 4) is 0 Å². The maximum atomic E-state index is 12.5. The Labute approximate surface area is 293 Å². The number of hydrogen-bond acceptors (Lipinski definition) is 5. The summed E-state index contributed by atoms with van der Waals surface area (Å²) in [6.07, 6.45) is 39.5. The van der Waals surface area contributed by atoms with Crippen molar-refractivity contribution in [2.75, 3.05) is 13.2 Å². The van der Waals surface area contributed by atoms with Crippen molar-refractivity contribution in [2.24, 2.45) is 0 Å². The van der Waals surface area contributed by atoms with Gasteiger partial charge in [0.1, 0.15) is 6.61 Å². The summed E-state index contributed by atoms with van der Waals surface area (Å²) in [5.41, 5.74) is 0. The molecule has 1 atom stereocenters. The number of carbonyl (C=O) groups is 2. The Bertz CT molecular complexity index is 649. The van der Waals surface area contributed by atoms with Crippen LogP contribution in [0.5, 0.6) is 0 Å². The minimum absolute atomic E-state index is 0.0303. The maximum absolute atomic E-state index is 12.5. The molecule has 0 aromatic rings. The average molecular weight is 667 g/mol. The van der Waals surface area contributed by atoms with Gasteiger partial charge in [0, 0.05) is 12.8 Å². The molecule has 0 heterocycles. The number of carbonyl (C=O) groups excluding carboxylic acids is 2. The first-order chi connectivity index (χ1) is 23.0. The van der Waals surface area contributed by atoms with Crippen LogP contribution in [0.15, 0.2) is 0 Å². The Kier molecular flexibility index (Phi) is 36.8. The van der Waals surface area contributed by atoms with E-state index < -0.39 is 6.10 Å². The Balaban J connectivity index is 3.78. The Morgan fingerprint density at radius 1 is 0.404 bits per heavy atom. The molecule has 0 aromatic carbocycles. The third-order valence-corrected chi connectivity index (χ3v) is 9.31. The van der Waals surface area contributed by atoms with Gasteiger partial charge in [-0.1, -0.05) is 194 Å². The lowest BCUT2D eigenvalue weighted by Crippen LogP contribution is -2.30. The zero-order valence-corrected chi connectivity index (χ0v) is 32.2. The van der Waals surface area contributed by atoms with E-state index in [-0.39, 0.29) is 31.3 Å². The average Bonchev–Trinajstić information content (AvgIpc) is 3.05. The quantitative estimate of drug-likeness (QED) is 0.0485. The zero-order valence-electron chi connectivity index (χ0n) is 32.2. The Morgan fingerprint density at radius 3 is 1.02 bits per heavy atom. The van der Waals surface area contributed by atoms with Crippen LogP contribution in [-0.2, 0) is 23.8 Å². The summed E-state index contributed by atoms with van der Waals surface area (Å²) < 4.78 is 16.8. The van der Waals surface area contributed by atoms with Crippen molar-refractivity contribution >= 4 is 11.9 Å². The van der Waals surface area contributed by atoms with E-state index in [1.165, 1.54) is 167 Å². The van der Waals surface area contributed by atoms with Crippen LogP contribution in [0.25, 0.3) is 0 Å². The van der Waals surface area contributed by atoms with E-state index in [1.54, 1.807) is 0 Å². The van der Waals surface area contributed by atoms with Gasteiger partial charge >= 0.3 is 11.9 Å². The predicted molar refractivity (Wildman–Crippen MR) is 201 cm³/mol. The van der Waals surface area contributed by atoms with E-state index in [1.807, 2.05) is 13.8 Å². The standard InChI is InChI=1S/C42H82O5/c1-5-7-9-11-13-15-17-19-21-23-25-27-29-31-33-35-41(43)46-38-40(37-45-39(3)4)47-42(44)36-34-32-30-28-26-24-22-20-18-16-14-12-10-8-6-2/h39-40H,5-38H2,1-4H3. The van der Waals surface area contributed by atoms with Crippen LogP contribution in [0.3, 0.4) is 0 Å². The molecule has 5 nitrogen and oxygen atoms in total. The topological polar surface area (TPSA) is 61.8 Å². The highest BCUT2D eigenvalue weighted by Crippen LogP contribution is 2.16. The second-order valence-corrected chi connectivity index (χ2v) is 14.6. The van der Waals surface area contributed by atoms with Gasteiger partial charge in [-0.15, -0.1) is 0 Å². The predicted octanol–water partition coefficient (Wildman–Crippen LogP) is 13.4. The molecule has 0 fully saturated rings. The minimum atomic E-state index is -0.536. The third-order valence-electron chi connectivity index (χ3n) is 9.31. The molecule has 0 aliphatic rings. The second kappa shape index (κ2) is 37.7. The molecule has 0 aromatic heterocycles. The smallest absolute Gasteiger partial charge is 0.306 e. The first-order valence-electron chi connectivity index (χ1n) is 21.0. The third kappa shape index (κ3) is 37.6. The summed E-state index contributed by atoms with van der Waals surface area (Å²) in [6, 6.07) is 0. The van der Waals surface area contributed by atoms with Gasteiger partial charge in [0.25, 0.3) is 0 Å². The lowest BCUT2D eigenvalue weighted by molar-refractivity contribution is -0.163. The Hall–Kier alpha value is -1.10. The summed E-state index contributed by atoms with van der Waals surface area (Å²) in [5.74, 6) is -0.414. The molecule has 0 rings (SSSR count). The van der Waals surface area contributed by atoms with E-state index in [4.69, 9.17) is 14.2 Å². The maximum Gasteiger partial charge on any atom is 0.306 e. The lowest BCUT2D eigenvalue weighted by Gasteiger charge is -2.19. The lowest BCUT2D eigenvalue weighted by atomic mass is 10.0. The number of ether oxygens (including phenoxy) is 3. The van der Waals surface area contributed by atoms with Gasteiger partial charge < -0.3 is 14.2 Å². The summed E-state index contributed by atoms with van der Waals surface area (Å²) in [7, 11) is 0. The van der Waals surface area contributed by atoms with Crippen molar-refractivity contribution in [1.82, 2.24) is 0 Å². The van der Waals surface area contributed by atoms with Crippen LogP contribution in [0, 0.1) is 0 Å². The van der Waals surface area contributed by atoms with Crippen LogP contribution < -0.4 is 0 Å². The van der Waals surface area contributed by atoms with Crippen LogP contribution >= 0.6 is 0 Å². The van der Waals surface area contributed by atoms with E-state index in [0.717, 1.165) is 25.7 Å². The molecule has 47 heavy (non-hydrogen) atoms. The van der Waals surface area contributed by atoms with Gasteiger partial charge in [-0.05, 0) is 26.7 Å². The fourth-order valence-electron chi connectivity index (χ4n) is 6.20. The normalized spacial score (nSPS) is 12.1. The molecule has 0 aliphatic heterocycles.